The number of amides is 2. The molecule has 7 heteroatoms. The normalized spacial score (nSPS) is 15.9. The molecular formula is C12H18N4O3. The van der Waals surface area contributed by atoms with Gasteiger partial charge in [0.15, 0.2) is 0 Å². The van der Waals surface area contributed by atoms with Crippen molar-refractivity contribution in [3.05, 3.63) is 11.9 Å². The Morgan fingerprint density at radius 3 is 2.74 bits per heavy atom. The Morgan fingerprint density at radius 2 is 2.21 bits per heavy atom. The van der Waals surface area contributed by atoms with Gasteiger partial charge in [-0.25, -0.2) is 4.79 Å². The van der Waals surface area contributed by atoms with Crippen LogP contribution in [0.25, 0.3) is 0 Å². The smallest absolute Gasteiger partial charge is 0.319 e. The number of hydrogen-bond donors (Lipinski definition) is 3. The van der Waals surface area contributed by atoms with Gasteiger partial charge in [0.1, 0.15) is 0 Å². The lowest BCUT2D eigenvalue weighted by Gasteiger charge is -2.11. The Morgan fingerprint density at radius 1 is 1.53 bits per heavy atom. The number of carbonyl (C=O) groups is 2. The number of anilines is 1. The molecule has 2 amide bonds. The van der Waals surface area contributed by atoms with E-state index in [2.05, 4.69) is 15.7 Å². The standard InChI is InChI=1S/C12H18N4O3/c1-3-8-9(6-16(2)15-8)14-11(19)13-7-12(4-5-12)10(17)18/h6H,3-5,7H2,1-2H3,(H,17,18)(H2,13,14,19). The van der Waals surface area contributed by atoms with Gasteiger partial charge in [0.2, 0.25) is 0 Å². The summed E-state index contributed by atoms with van der Waals surface area (Å²) in [5.41, 5.74) is 0.708. The van der Waals surface area contributed by atoms with E-state index in [1.165, 1.54) is 0 Å². The second kappa shape index (κ2) is 4.91. The molecule has 2 rings (SSSR count). The highest BCUT2D eigenvalue weighted by atomic mass is 16.4. The molecule has 0 aromatic carbocycles. The van der Waals surface area contributed by atoms with Crippen molar-refractivity contribution in [1.29, 1.82) is 0 Å². The van der Waals surface area contributed by atoms with E-state index in [1.807, 2.05) is 6.92 Å². The van der Waals surface area contributed by atoms with Gasteiger partial charge >= 0.3 is 12.0 Å². The zero-order chi connectivity index (χ0) is 14.0. The van der Waals surface area contributed by atoms with Crippen molar-refractivity contribution in [2.45, 2.75) is 26.2 Å². The number of nitrogens with one attached hydrogen (secondary N) is 2. The van der Waals surface area contributed by atoms with Crippen LogP contribution in [0.1, 0.15) is 25.5 Å². The highest BCUT2D eigenvalue weighted by Crippen LogP contribution is 2.45. The molecule has 0 radical (unpaired) electrons. The number of carboxylic acid groups (broad SMARTS) is 1. The lowest BCUT2D eigenvalue weighted by atomic mass is 10.1. The van der Waals surface area contributed by atoms with Crippen LogP contribution in [0, 0.1) is 5.41 Å². The molecule has 1 saturated carbocycles. The Labute approximate surface area is 111 Å². The molecule has 1 aromatic heterocycles. The number of carbonyl (C=O) groups excluding carboxylic acids is 1. The number of aliphatic carboxylic acids is 1. The SMILES string of the molecule is CCc1nn(C)cc1NC(=O)NCC1(C(=O)O)CC1. The molecule has 0 aliphatic heterocycles. The lowest BCUT2D eigenvalue weighted by molar-refractivity contribution is -0.143. The molecule has 0 unspecified atom stereocenters. The van der Waals surface area contributed by atoms with Crippen molar-refractivity contribution in [3.63, 3.8) is 0 Å². The maximum Gasteiger partial charge on any atom is 0.319 e. The summed E-state index contributed by atoms with van der Waals surface area (Å²) in [7, 11) is 1.78. The minimum Gasteiger partial charge on any atom is -0.481 e. The molecule has 3 N–H and O–H groups in total. The number of aryl methyl sites for hydroxylation is 2. The number of carboxylic acids is 1. The van der Waals surface area contributed by atoms with Crippen LogP contribution in [0.15, 0.2) is 6.20 Å². The Hall–Kier alpha value is -2.05. The van der Waals surface area contributed by atoms with Gasteiger partial charge in [0, 0.05) is 19.8 Å². The molecule has 7 nitrogen and oxygen atoms in total. The predicted molar refractivity (Wildman–Crippen MR) is 68.9 cm³/mol. The van der Waals surface area contributed by atoms with Crippen molar-refractivity contribution < 1.29 is 14.7 Å². The third-order valence-electron chi connectivity index (χ3n) is 3.38. The zero-order valence-electron chi connectivity index (χ0n) is 11.1. The summed E-state index contributed by atoms with van der Waals surface area (Å²) in [6.07, 6.45) is 3.68. The first-order valence-corrected chi connectivity index (χ1v) is 6.27. The fourth-order valence-corrected chi connectivity index (χ4v) is 1.93. The van der Waals surface area contributed by atoms with Crippen molar-refractivity contribution in [1.82, 2.24) is 15.1 Å². The molecule has 19 heavy (non-hydrogen) atoms. The first-order valence-electron chi connectivity index (χ1n) is 6.27. The first-order chi connectivity index (χ1) is 8.97. The summed E-state index contributed by atoms with van der Waals surface area (Å²) >= 11 is 0. The largest absolute Gasteiger partial charge is 0.481 e. The third kappa shape index (κ3) is 2.86. The number of urea groups is 1. The van der Waals surface area contributed by atoms with E-state index in [0.717, 1.165) is 12.1 Å². The molecule has 0 saturated heterocycles. The molecular weight excluding hydrogens is 248 g/mol. The summed E-state index contributed by atoms with van der Waals surface area (Å²) in [5, 5.41) is 18.5. The minimum atomic E-state index is -0.844. The third-order valence-corrected chi connectivity index (χ3v) is 3.38. The maximum absolute atomic E-state index is 11.7. The van der Waals surface area contributed by atoms with Crippen molar-refractivity contribution in [2.24, 2.45) is 12.5 Å². The lowest BCUT2D eigenvalue weighted by Crippen LogP contribution is -2.36. The van der Waals surface area contributed by atoms with Crippen LogP contribution in [-0.2, 0) is 18.3 Å². The molecule has 0 atom stereocenters. The van der Waals surface area contributed by atoms with Crippen molar-refractivity contribution >= 4 is 17.7 Å². The van der Waals surface area contributed by atoms with E-state index in [0.29, 0.717) is 18.5 Å². The fraction of sp³-hybridized carbons (Fsp3) is 0.583. The topological polar surface area (TPSA) is 96.3 Å². The van der Waals surface area contributed by atoms with E-state index in [9.17, 15) is 9.59 Å². The predicted octanol–water partition coefficient (Wildman–Crippen LogP) is 0.969. The second-order valence-electron chi connectivity index (χ2n) is 4.91. The summed E-state index contributed by atoms with van der Waals surface area (Å²) < 4.78 is 1.63. The van der Waals surface area contributed by atoms with Gasteiger partial charge in [-0.3, -0.25) is 9.48 Å². The van der Waals surface area contributed by atoms with E-state index < -0.39 is 17.4 Å². The maximum atomic E-state index is 11.7. The summed E-state index contributed by atoms with van der Waals surface area (Å²) in [5.74, 6) is -0.844. The monoisotopic (exact) mass is 266 g/mol. The minimum absolute atomic E-state index is 0.163. The Bertz CT molecular complexity index is 505. The van der Waals surface area contributed by atoms with Crippen LogP contribution in [0.2, 0.25) is 0 Å². The molecule has 104 valence electrons. The zero-order valence-corrected chi connectivity index (χ0v) is 11.1. The quantitative estimate of drug-likeness (QED) is 0.739. The Kier molecular flexibility index (Phi) is 3.46. The van der Waals surface area contributed by atoms with Crippen LogP contribution in [0.3, 0.4) is 0 Å². The van der Waals surface area contributed by atoms with E-state index in [1.54, 1.807) is 17.9 Å². The highest BCUT2D eigenvalue weighted by Gasteiger charge is 2.50. The number of nitrogens with zero attached hydrogens (tertiary/aromatic N) is 2. The molecule has 1 aliphatic rings. The Balaban J connectivity index is 1.89. The van der Waals surface area contributed by atoms with Gasteiger partial charge in [-0.1, -0.05) is 6.92 Å². The van der Waals surface area contributed by atoms with Gasteiger partial charge in [-0.05, 0) is 19.3 Å². The van der Waals surface area contributed by atoms with Crippen LogP contribution < -0.4 is 10.6 Å². The number of hydrogen-bond acceptors (Lipinski definition) is 3. The van der Waals surface area contributed by atoms with Gasteiger partial charge in [0.25, 0.3) is 0 Å². The van der Waals surface area contributed by atoms with E-state index in [4.69, 9.17) is 5.11 Å². The van der Waals surface area contributed by atoms with Gasteiger partial charge in [-0.15, -0.1) is 0 Å². The van der Waals surface area contributed by atoms with Crippen LogP contribution in [-0.4, -0.2) is 33.4 Å². The molecule has 0 bridgehead atoms. The van der Waals surface area contributed by atoms with Crippen LogP contribution in [0.4, 0.5) is 10.5 Å². The van der Waals surface area contributed by atoms with E-state index in [-0.39, 0.29) is 6.54 Å². The molecule has 1 heterocycles. The molecule has 0 spiro atoms. The average Bonchev–Trinajstić information content (AvgIpc) is 3.07. The van der Waals surface area contributed by atoms with Crippen molar-refractivity contribution in [2.75, 3.05) is 11.9 Å². The number of rotatable bonds is 5. The van der Waals surface area contributed by atoms with Crippen LogP contribution in [0.5, 0.6) is 0 Å². The molecule has 1 aliphatic carbocycles. The molecule has 1 fully saturated rings. The van der Waals surface area contributed by atoms with Crippen LogP contribution >= 0.6 is 0 Å². The highest BCUT2D eigenvalue weighted by molar-refractivity contribution is 5.90. The van der Waals surface area contributed by atoms with Gasteiger partial charge < -0.3 is 15.7 Å². The second-order valence-corrected chi connectivity index (χ2v) is 4.91. The van der Waals surface area contributed by atoms with Gasteiger partial charge in [-0.2, -0.15) is 5.10 Å². The van der Waals surface area contributed by atoms with Crippen molar-refractivity contribution in [3.8, 4) is 0 Å². The molecule has 1 aromatic rings. The fourth-order valence-electron chi connectivity index (χ4n) is 1.93. The summed E-state index contributed by atoms with van der Waals surface area (Å²) in [6, 6.07) is -0.393. The van der Waals surface area contributed by atoms with E-state index >= 15 is 0 Å². The number of aromatic nitrogens is 2. The summed E-state index contributed by atoms with van der Waals surface area (Å²) in [4.78, 5) is 22.7. The summed E-state index contributed by atoms with van der Waals surface area (Å²) in [6.45, 7) is 2.12. The first kappa shape index (κ1) is 13.4. The van der Waals surface area contributed by atoms with Gasteiger partial charge in [0.05, 0.1) is 16.8 Å². The average molecular weight is 266 g/mol.